The Balaban J connectivity index is 3.34. The monoisotopic (exact) mass is 255 g/mol. The Morgan fingerprint density at radius 1 is 1.67 bits per heavy atom. The van der Waals surface area contributed by atoms with Gasteiger partial charge in [-0.3, -0.25) is 4.79 Å². The SMILES string of the molecule is O=c1cc(I)[nH]cc1Cl. The van der Waals surface area contributed by atoms with E-state index < -0.39 is 0 Å². The number of hydrogen-bond donors (Lipinski definition) is 1. The number of nitrogens with one attached hydrogen (secondary N) is 1. The minimum absolute atomic E-state index is 0.139. The van der Waals surface area contributed by atoms with Gasteiger partial charge in [0.2, 0.25) is 5.43 Å². The summed E-state index contributed by atoms with van der Waals surface area (Å²) in [7, 11) is 0. The molecule has 0 bridgehead atoms. The van der Waals surface area contributed by atoms with Gasteiger partial charge in [0.05, 0.1) is 3.70 Å². The van der Waals surface area contributed by atoms with Crippen molar-refractivity contribution in [2.24, 2.45) is 0 Å². The molecule has 4 heteroatoms. The van der Waals surface area contributed by atoms with Gasteiger partial charge in [0.25, 0.3) is 0 Å². The molecule has 48 valence electrons. The van der Waals surface area contributed by atoms with Crippen LogP contribution in [-0.2, 0) is 0 Å². The molecule has 0 aromatic carbocycles. The highest BCUT2D eigenvalue weighted by atomic mass is 127. The normalized spacial score (nSPS) is 9.56. The fourth-order valence-electron chi connectivity index (χ4n) is 0.429. The van der Waals surface area contributed by atoms with Crippen LogP contribution in [0.4, 0.5) is 0 Å². The average molecular weight is 255 g/mol. The first-order valence-electron chi connectivity index (χ1n) is 2.24. The standard InChI is InChI=1S/C5H3ClINO/c6-3-2-8-5(7)1-4(3)9/h1-2H,(H,8,9). The third kappa shape index (κ3) is 1.69. The molecule has 1 aromatic heterocycles. The smallest absolute Gasteiger partial charge is 0.201 e. The van der Waals surface area contributed by atoms with Gasteiger partial charge in [-0.2, -0.15) is 0 Å². The van der Waals surface area contributed by atoms with E-state index >= 15 is 0 Å². The second-order valence-corrected chi connectivity index (χ2v) is 3.06. The lowest BCUT2D eigenvalue weighted by atomic mass is 10.5. The van der Waals surface area contributed by atoms with Gasteiger partial charge < -0.3 is 4.98 Å². The molecule has 0 aliphatic rings. The Bertz CT molecular complexity index is 270. The number of hydrogen-bond acceptors (Lipinski definition) is 1. The number of pyridine rings is 1. The number of aromatic nitrogens is 1. The van der Waals surface area contributed by atoms with Crippen molar-refractivity contribution in [1.29, 1.82) is 0 Å². The predicted octanol–water partition coefficient (Wildman–Crippen LogP) is 1.63. The fourth-order valence-corrected chi connectivity index (χ4v) is 0.977. The van der Waals surface area contributed by atoms with Crippen LogP contribution >= 0.6 is 34.2 Å². The summed E-state index contributed by atoms with van der Waals surface area (Å²) in [5.74, 6) is 0. The lowest BCUT2D eigenvalue weighted by molar-refractivity contribution is 1.25. The van der Waals surface area contributed by atoms with Crippen molar-refractivity contribution in [2.45, 2.75) is 0 Å². The third-order valence-corrected chi connectivity index (χ3v) is 1.75. The van der Waals surface area contributed by atoms with Gasteiger partial charge in [0.15, 0.2) is 0 Å². The summed E-state index contributed by atoms with van der Waals surface area (Å²) in [6, 6.07) is 1.45. The van der Waals surface area contributed by atoms with Gasteiger partial charge in [0, 0.05) is 12.3 Å². The first-order chi connectivity index (χ1) is 4.20. The zero-order chi connectivity index (χ0) is 6.85. The molecule has 0 saturated heterocycles. The Morgan fingerprint density at radius 2 is 2.33 bits per heavy atom. The molecule has 0 spiro atoms. The highest BCUT2D eigenvalue weighted by Crippen LogP contribution is 2.00. The second-order valence-electron chi connectivity index (χ2n) is 1.49. The fraction of sp³-hybridized carbons (Fsp3) is 0. The molecule has 0 fully saturated rings. The van der Waals surface area contributed by atoms with Crippen molar-refractivity contribution in [1.82, 2.24) is 4.98 Å². The highest BCUT2D eigenvalue weighted by Gasteiger charge is 1.92. The Labute approximate surface area is 70.4 Å². The van der Waals surface area contributed by atoms with Gasteiger partial charge in [-0.15, -0.1) is 0 Å². The average Bonchev–Trinajstić information content (AvgIpc) is 1.80. The maximum atomic E-state index is 10.7. The van der Waals surface area contributed by atoms with Crippen LogP contribution in [0, 0.1) is 3.70 Å². The van der Waals surface area contributed by atoms with E-state index in [1.807, 2.05) is 22.6 Å². The first-order valence-corrected chi connectivity index (χ1v) is 3.69. The van der Waals surface area contributed by atoms with Crippen LogP contribution in [-0.4, -0.2) is 4.98 Å². The van der Waals surface area contributed by atoms with Crippen molar-refractivity contribution >= 4 is 34.2 Å². The second kappa shape index (κ2) is 2.70. The molecular weight excluding hydrogens is 252 g/mol. The molecular formula is C5H3ClINO. The third-order valence-electron chi connectivity index (χ3n) is 0.830. The summed E-state index contributed by atoms with van der Waals surface area (Å²) in [6.07, 6.45) is 1.48. The molecule has 0 aliphatic carbocycles. The number of halogens is 2. The van der Waals surface area contributed by atoms with Gasteiger partial charge in [-0.1, -0.05) is 11.6 Å². The molecule has 1 heterocycles. The molecule has 0 aliphatic heterocycles. The van der Waals surface area contributed by atoms with Crippen LogP contribution in [0.3, 0.4) is 0 Å². The van der Waals surface area contributed by atoms with Gasteiger partial charge in [-0.05, 0) is 22.6 Å². The Morgan fingerprint density at radius 3 is 2.78 bits per heavy atom. The molecule has 0 unspecified atom stereocenters. The molecule has 0 radical (unpaired) electrons. The molecule has 2 nitrogen and oxygen atoms in total. The summed E-state index contributed by atoms with van der Waals surface area (Å²) < 4.78 is 0.794. The lowest BCUT2D eigenvalue weighted by Crippen LogP contribution is -2.00. The van der Waals surface area contributed by atoms with Gasteiger partial charge in [0.1, 0.15) is 5.02 Å². The number of aromatic amines is 1. The van der Waals surface area contributed by atoms with Crippen LogP contribution in [0.1, 0.15) is 0 Å². The van der Waals surface area contributed by atoms with Gasteiger partial charge in [-0.25, -0.2) is 0 Å². The highest BCUT2D eigenvalue weighted by molar-refractivity contribution is 14.1. The van der Waals surface area contributed by atoms with Crippen LogP contribution in [0.5, 0.6) is 0 Å². The van der Waals surface area contributed by atoms with Crippen molar-refractivity contribution < 1.29 is 0 Å². The molecule has 9 heavy (non-hydrogen) atoms. The van der Waals surface area contributed by atoms with E-state index in [0.717, 1.165) is 3.70 Å². The Hall–Kier alpha value is -0.0300. The van der Waals surface area contributed by atoms with Crippen LogP contribution < -0.4 is 5.43 Å². The molecule has 0 amide bonds. The van der Waals surface area contributed by atoms with E-state index in [-0.39, 0.29) is 10.5 Å². The van der Waals surface area contributed by atoms with E-state index in [1.165, 1.54) is 12.3 Å². The van der Waals surface area contributed by atoms with E-state index in [1.54, 1.807) is 0 Å². The topological polar surface area (TPSA) is 32.9 Å². The van der Waals surface area contributed by atoms with Crippen molar-refractivity contribution in [3.05, 3.63) is 31.2 Å². The molecule has 0 saturated carbocycles. The number of rotatable bonds is 0. The summed E-state index contributed by atoms with van der Waals surface area (Å²) in [6.45, 7) is 0. The molecule has 0 atom stereocenters. The van der Waals surface area contributed by atoms with Gasteiger partial charge >= 0.3 is 0 Å². The van der Waals surface area contributed by atoms with Crippen molar-refractivity contribution in [3.63, 3.8) is 0 Å². The van der Waals surface area contributed by atoms with E-state index in [2.05, 4.69) is 4.98 Å². The Kier molecular flexibility index (Phi) is 2.13. The quantitative estimate of drug-likeness (QED) is 0.555. The van der Waals surface area contributed by atoms with E-state index in [0.29, 0.717) is 0 Å². The summed E-state index contributed by atoms with van der Waals surface area (Å²) in [5, 5.41) is 0.232. The van der Waals surface area contributed by atoms with Crippen LogP contribution in [0.25, 0.3) is 0 Å². The zero-order valence-corrected chi connectivity index (χ0v) is 7.23. The molecule has 1 aromatic rings. The zero-order valence-electron chi connectivity index (χ0n) is 4.32. The molecule has 1 N–H and O–H groups in total. The van der Waals surface area contributed by atoms with Crippen LogP contribution in [0.2, 0.25) is 5.02 Å². The lowest BCUT2D eigenvalue weighted by Gasteiger charge is -1.87. The van der Waals surface area contributed by atoms with Crippen molar-refractivity contribution in [2.75, 3.05) is 0 Å². The maximum Gasteiger partial charge on any atom is 0.201 e. The maximum absolute atomic E-state index is 10.7. The van der Waals surface area contributed by atoms with E-state index in [4.69, 9.17) is 11.6 Å². The molecule has 1 rings (SSSR count). The number of H-pyrrole nitrogens is 1. The van der Waals surface area contributed by atoms with Crippen LogP contribution in [0.15, 0.2) is 17.1 Å². The van der Waals surface area contributed by atoms with E-state index in [9.17, 15) is 4.79 Å². The predicted molar refractivity (Wildman–Crippen MR) is 44.8 cm³/mol. The largest absolute Gasteiger partial charge is 0.355 e. The first kappa shape index (κ1) is 7.08. The summed E-state index contributed by atoms with van der Waals surface area (Å²) >= 11 is 7.44. The summed E-state index contributed by atoms with van der Waals surface area (Å²) in [4.78, 5) is 13.5. The minimum atomic E-state index is -0.139. The van der Waals surface area contributed by atoms with Crippen molar-refractivity contribution in [3.8, 4) is 0 Å². The minimum Gasteiger partial charge on any atom is -0.355 e. The summed E-state index contributed by atoms with van der Waals surface area (Å²) in [5.41, 5.74) is -0.139.